The topological polar surface area (TPSA) is 52.6 Å². The van der Waals surface area contributed by atoms with E-state index in [2.05, 4.69) is 18.2 Å². The van der Waals surface area contributed by atoms with Crippen LogP contribution in [-0.2, 0) is 19.1 Å². The van der Waals surface area contributed by atoms with Gasteiger partial charge >= 0.3 is 0 Å². The summed E-state index contributed by atoms with van der Waals surface area (Å²) in [4.78, 5) is 24.4. The second kappa shape index (κ2) is 9.71. The fourth-order valence-corrected chi connectivity index (χ4v) is 2.56. The van der Waals surface area contributed by atoms with E-state index in [9.17, 15) is 9.59 Å². The molecular formula is C20H26O4. The first-order valence-electron chi connectivity index (χ1n) is 8.03. The number of Topliss-reactive ketones (excluding diaryl/α,β-unsaturated/α-hetero) is 1. The molecule has 130 valence electrons. The molecule has 0 heterocycles. The first-order valence-corrected chi connectivity index (χ1v) is 8.03. The van der Waals surface area contributed by atoms with E-state index in [1.165, 1.54) is 25.9 Å². The zero-order valence-electron chi connectivity index (χ0n) is 15.1. The summed E-state index contributed by atoms with van der Waals surface area (Å²) in [6.07, 6.45) is 11.9. The van der Waals surface area contributed by atoms with Crippen molar-refractivity contribution in [2.75, 3.05) is 14.2 Å². The van der Waals surface area contributed by atoms with Gasteiger partial charge in [0.05, 0.1) is 14.2 Å². The molecule has 0 aromatic heterocycles. The number of methoxy groups -OCH3 is 2. The molecule has 1 rings (SSSR count). The minimum absolute atomic E-state index is 0.0166. The Morgan fingerprint density at radius 2 is 1.79 bits per heavy atom. The molecule has 0 amide bonds. The average molecular weight is 330 g/mol. The Morgan fingerprint density at radius 3 is 2.33 bits per heavy atom. The van der Waals surface area contributed by atoms with Gasteiger partial charge in [0.2, 0.25) is 23.1 Å². The molecule has 1 aliphatic carbocycles. The molecule has 1 aliphatic rings. The van der Waals surface area contributed by atoms with Crippen molar-refractivity contribution >= 4 is 11.6 Å². The summed E-state index contributed by atoms with van der Waals surface area (Å²) in [6, 6.07) is 0. The van der Waals surface area contributed by atoms with Crippen LogP contribution in [0.2, 0.25) is 0 Å². The van der Waals surface area contributed by atoms with Gasteiger partial charge in [-0.3, -0.25) is 9.59 Å². The van der Waals surface area contributed by atoms with Gasteiger partial charge in [0.15, 0.2) is 0 Å². The highest BCUT2D eigenvalue weighted by Gasteiger charge is 2.30. The molecule has 0 N–H and O–H groups in total. The number of allylic oxidation sites excluding steroid dienone is 8. The van der Waals surface area contributed by atoms with Crippen molar-refractivity contribution in [1.82, 2.24) is 0 Å². The molecule has 0 atom stereocenters. The van der Waals surface area contributed by atoms with Gasteiger partial charge in [0.1, 0.15) is 0 Å². The zero-order chi connectivity index (χ0) is 18.1. The van der Waals surface area contributed by atoms with Crippen molar-refractivity contribution in [2.24, 2.45) is 0 Å². The highest BCUT2D eigenvalue weighted by molar-refractivity contribution is 6.21. The Balaban J connectivity index is 2.77. The molecule has 24 heavy (non-hydrogen) atoms. The summed E-state index contributed by atoms with van der Waals surface area (Å²) < 4.78 is 10.0. The first-order chi connectivity index (χ1) is 11.5. The summed E-state index contributed by atoms with van der Waals surface area (Å²) in [6.45, 7) is 5.98. The summed E-state index contributed by atoms with van der Waals surface area (Å²) in [7, 11) is 2.72. The standard InChI is InChI=1S/C20H26O4/c1-6-9-15(7-2)11-8-10-14(3)12-16-13-17(21)19(23-4)20(24-5)18(16)22/h6-7,9-10,13H,8,11-12H2,1-5H3. The van der Waals surface area contributed by atoms with Gasteiger partial charge in [-0.2, -0.15) is 0 Å². The Kier molecular flexibility index (Phi) is 7.96. The van der Waals surface area contributed by atoms with Crippen molar-refractivity contribution < 1.29 is 19.1 Å². The van der Waals surface area contributed by atoms with Crippen LogP contribution in [0.1, 0.15) is 40.0 Å². The van der Waals surface area contributed by atoms with E-state index in [1.54, 1.807) is 0 Å². The summed E-state index contributed by atoms with van der Waals surface area (Å²) in [5.41, 5.74) is 2.76. The van der Waals surface area contributed by atoms with Gasteiger partial charge in [0, 0.05) is 5.57 Å². The van der Waals surface area contributed by atoms with Gasteiger partial charge in [0.25, 0.3) is 0 Å². The van der Waals surface area contributed by atoms with Crippen LogP contribution >= 0.6 is 0 Å². The molecule has 0 radical (unpaired) electrons. The van der Waals surface area contributed by atoms with Gasteiger partial charge in [-0.15, -0.1) is 0 Å². The quantitative estimate of drug-likeness (QED) is 0.380. The molecule has 4 heteroatoms. The molecule has 0 saturated carbocycles. The van der Waals surface area contributed by atoms with Crippen LogP contribution in [0.15, 0.2) is 58.6 Å². The lowest BCUT2D eigenvalue weighted by Crippen LogP contribution is -2.21. The molecule has 4 nitrogen and oxygen atoms in total. The molecule has 0 unspecified atom stereocenters. The minimum Gasteiger partial charge on any atom is -0.490 e. The molecule has 0 bridgehead atoms. The van der Waals surface area contributed by atoms with Crippen LogP contribution in [0.5, 0.6) is 0 Å². The van der Waals surface area contributed by atoms with E-state index in [0.717, 1.165) is 18.4 Å². The maximum Gasteiger partial charge on any atom is 0.228 e. The maximum absolute atomic E-state index is 12.4. The Labute approximate surface area is 144 Å². The van der Waals surface area contributed by atoms with E-state index in [4.69, 9.17) is 9.47 Å². The first kappa shape index (κ1) is 19.7. The predicted molar refractivity (Wildman–Crippen MR) is 95.3 cm³/mol. The Bertz CT molecular complexity index is 643. The van der Waals surface area contributed by atoms with Crippen molar-refractivity contribution in [3.05, 3.63) is 58.6 Å². The molecule has 0 aromatic carbocycles. The molecule has 0 saturated heterocycles. The maximum atomic E-state index is 12.4. The second-order valence-corrected chi connectivity index (χ2v) is 5.56. The predicted octanol–water partition coefficient (Wildman–Crippen LogP) is 4.21. The SMILES string of the molecule is CC=CC(=CC)CCC=C(C)CC1=CC(=O)C(OC)=C(OC)C1=O. The van der Waals surface area contributed by atoms with Crippen molar-refractivity contribution in [3.8, 4) is 0 Å². The highest BCUT2D eigenvalue weighted by Crippen LogP contribution is 2.25. The minimum atomic E-state index is -0.332. The van der Waals surface area contributed by atoms with Crippen molar-refractivity contribution in [1.29, 1.82) is 0 Å². The summed E-state index contributed by atoms with van der Waals surface area (Å²) >= 11 is 0. The summed E-state index contributed by atoms with van der Waals surface area (Å²) in [5.74, 6) is -0.667. The fraction of sp³-hybridized carbons (Fsp3) is 0.400. The van der Waals surface area contributed by atoms with E-state index in [1.807, 2.05) is 26.8 Å². The van der Waals surface area contributed by atoms with Gasteiger partial charge < -0.3 is 9.47 Å². The Hall–Kier alpha value is -2.36. The van der Waals surface area contributed by atoms with Crippen LogP contribution in [0.4, 0.5) is 0 Å². The number of ether oxygens (including phenoxy) is 2. The van der Waals surface area contributed by atoms with Crippen LogP contribution in [-0.4, -0.2) is 25.8 Å². The van der Waals surface area contributed by atoms with E-state index in [-0.39, 0.29) is 23.1 Å². The fourth-order valence-electron chi connectivity index (χ4n) is 2.56. The number of carbonyl (C=O) groups is 2. The number of carbonyl (C=O) groups excluding carboxylic acids is 2. The van der Waals surface area contributed by atoms with E-state index >= 15 is 0 Å². The number of ketones is 2. The van der Waals surface area contributed by atoms with Crippen LogP contribution in [0.3, 0.4) is 0 Å². The lowest BCUT2D eigenvalue weighted by molar-refractivity contribution is -0.120. The lowest BCUT2D eigenvalue weighted by atomic mass is 9.94. The number of rotatable bonds is 8. The normalized spacial score (nSPS) is 16.8. The number of hydrogen-bond donors (Lipinski definition) is 0. The monoisotopic (exact) mass is 330 g/mol. The molecular weight excluding hydrogens is 304 g/mol. The Morgan fingerprint density at radius 1 is 1.12 bits per heavy atom. The van der Waals surface area contributed by atoms with Gasteiger partial charge in [-0.25, -0.2) is 0 Å². The van der Waals surface area contributed by atoms with Crippen LogP contribution < -0.4 is 0 Å². The van der Waals surface area contributed by atoms with E-state index < -0.39 is 0 Å². The largest absolute Gasteiger partial charge is 0.490 e. The van der Waals surface area contributed by atoms with Gasteiger partial charge in [-0.1, -0.05) is 35.5 Å². The third kappa shape index (κ3) is 5.08. The summed E-state index contributed by atoms with van der Waals surface area (Å²) in [5, 5.41) is 0. The van der Waals surface area contributed by atoms with Crippen LogP contribution in [0, 0.1) is 0 Å². The molecule has 0 aliphatic heterocycles. The van der Waals surface area contributed by atoms with Crippen LogP contribution in [0.25, 0.3) is 0 Å². The third-order valence-corrected chi connectivity index (χ3v) is 3.79. The van der Waals surface area contributed by atoms with Crippen molar-refractivity contribution in [3.63, 3.8) is 0 Å². The zero-order valence-corrected chi connectivity index (χ0v) is 15.1. The van der Waals surface area contributed by atoms with E-state index in [0.29, 0.717) is 12.0 Å². The average Bonchev–Trinajstić information content (AvgIpc) is 2.56. The lowest BCUT2D eigenvalue weighted by Gasteiger charge is -2.17. The second-order valence-electron chi connectivity index (χ2n) is 5.56. The molecule has 0 aromatic rings. The van der Waals surface area contributed by atoms with Gasteiger partial charge in [-0.05, 0) is 46.1 Å². The third-order valence-electron chi connectivity index (χ3n) is 3.79. The molecule has 0 fully saturated rings. The smallest absolute Gasteiger partial charge is 0.228 e. The van der Waals surface area contributed by atoms with Crippen molar-refractivity contribution in [2.45, 2.75) is 40.0 Å². The molecule has 0 spiro atoms. The number of hydrogen-bond acceptors (Lipinski definition) is 4. The highest BCUT2D eigenvalue weighted by atomic mass is 16.5.